The Kier molecular flexibility index (Phi) is 8.70. The van der Waals surface area contributed by atoms with Gasteiger partial charge in [0.25, 0.3) is 11.8 Å². The summed E-state index contributed by atoms with van der Waals surface area (Å²) in [7, 11) is 0. The van der Waals surface area contributed by atoms with Crippen molar-refractivity contribution < 1.29 is 23.8 Å². The normalized spacial score (nSPS) is 21.6. The zero-order valence-corrected chi connectivity index (χ0v) is 19.8. The molecule has 3 rings (SSSR count). The third kappa shape index (κ3) is 5.70. The Morgan fingerprint density at radius 2 is 1.62 bits per heavy atom. The highest BCUT2D eigenvalue weighted by Gasteiger charge is 2.42. The van der Waals surface area contributed by atoms with Crippen LogP contribution in [-0.2, 0) is 19.1 Å². The molecule has 2 aliphatic rings. The number of unbranched alkanes of at least 4 members (excludes halogenated alkanes) is 1. The molecule has 176 valence electrons. The molecule has 0 spiro atoms. The largest absolute Gasteiger partial charge is 0.494 e. The first-order valence-electron chi connectivity index (χ1n) is 11.8. The number of hydrogen-bond donors (Lipinski definition) is 0. The molecule has 2 unspecified atom stereocenters. The molecule has 2 heterocycles. The standard InChI is InChI=1S/C25H36N2O5/c1-5-7-14-30-15-8-13-27-24(28)22(20-9-11-21(12-10-20)31-6-2)23(25(27)29)26-16-18(3)32-19(4)17-26/h9-12,18-19H,5-8,13-17H2,1-4H3. The second-order valence-electron chi connectivity index (χ2n) is 8.42. The average molecular weight is 445 g/mol. The topological polar surface area (TPSA) is 68.3 Å². The lowest BCUT2D eigenvalue weighted by Gasteiger charge is -2.37. The summed E-state index contributed by atoms with van der Waals surface area (Å²) in [5.74, 6) is 0.271. The fourth-order valence-electron chi connectivity index (χ4n) is 4.24. The Bertz CT molecular complexity index is 810. The van der Waals surface area contributed by atoms with Crippen molar-refractivity contribution in [2.45, 2.75) is 59.2 Å². The number of carbonyl (C=O) groups excluding carboxylic acids is 2. The van der Waals surface area contributed by atoms with Gasteiger partial charge in [-0.1, -0.05) is 25.5 Å². The highest BCUT2D eigenvalue weighted by atomic mass is 16.5. The monoisotopic (exact) mass is 444 g/mol. The highest BCUT2D eigenvalue weighted by molar-refractivity contribution is 6.35. The molecular weight excluding hydrogens is 408 g/mol. The zero-order chi connectivity index (χ0) is 23.1. The van der Waals surface area contributed by atoms with E-state index in [1.807, 2.05) is 49.9 Å². The maximum Gasteiger partial charge on any atom is 0.277 e. The van der Waals surface area contributed by atoms with Crippen molar-refractivity contribution in [3.8, 4) is 5.75 Å². The van der Waals surface area contributed by atoms with Crippen LogP contribution in [0.5, 0.6) is 5.75 Å². The molecule has 7 heteroatoms. The average Bonchev–Trinajstić information content (AvgIpc) is 3.01. The first-order valence-corrected chi connectivity index (χ1v) is 11.8. The second-order valence-corrected chi connectivity index (χ2v) is 8.42. The van der Waals surface area contributed by atoms with Gasteiger partial charge in [-0.15, -0.1) is 0 Å². The van der Waals surface area contributed by atoms with Crippen molar-refractivity contribution >= 4 is 17.4 Å². The van der Waals surface area contributed by atoms with Gasteiger partial charge in [-0.25, -0.2) is 0 Å². The number of nitrogens with zero attached hydrogens (tertiary/aromatic N) is 2. The predicted molar refractivity (Wildman–Crippen MR) is 123 cm³/mol. The fourth-order valence-corrected chi connectivity index (χ4v) is 4.24. The summed E-state index contributed by atoms with van der Waals surface area (Å²) in [5.41, 5.74) is 1.68. The van der Waals surface area contributed by atoms with Crippen molar-refractivity contribution in [2.24, 2.45) is 0 Å². The van der Waals surface area contributed by atoms with Gasteiger partial charge in [0, 0.05) is 32.8 Å². The number of ether oxygens (including phenoxy) is 3. The second kappa shape index (κ2) is 11.5. The van der Waals surface area contributed by atoms with E-state index in [1.165, 1.54) is 4.90 Å². The highest BCUT2D eigenvalue weighted by Crippen LogP contribution is 2.34. The van der Waals surface area contributed by atoms with Crippen LogP contribution in [-0.4, -0.2) is 73.3 Å². The number of morpholine rings is 1. The van der Waals surface area contributed by atoms with Gasteiger partial charge in [-0.3, -0.25) is 14.5 Å². The number of carbonyl (C=O) groups is 2. The maximum atomic E-state index is 13.4. The van der Waals surface area contributed by atoms with Gasteiger partial charge in [-0.05, 0) is 51.3 Å². The van der Waals surface area contributed by atoms with Gasteiger partial charge in [0.2, 0.25) is 0 Å². The van der Waals surface area contributed by atoms with Crippen LogP contribution in [0.3, 0.4) is 0 Å². The molecule has 0 bridgehead atoms. The van der Waals surface area contributed by atoms with Crippen molar-refractivity contribution in [3.05, 3.63) is 35.5 Å². The molecule has 0 saturated carbocycles. The van der Waals surface area contributed by atoms with E-state index in [4.69, 9.17) is 14.2 Å². The molecule has 2 amide bonds. The summed E-state index contributed by atoms with van der Waals surface area (Å²) in [5, 5.41) is 0. The maximum absolute atomic E-state index is 13.4. The van der Waals surface area contributed by atoms with Gasteiger partial charge in [0.15, 0.2) is 0 Å². The Labute approximate surface area is 191 Å². The van der Waals surface area contributed by atoms with Gasteiger partial charge in [0.05, 0.1) is 24.4 Å². The van der Waals surface area contributed by atoms with Gasteiger partial charge in [0.1, 0.15) is 11.4 Å². The zero-order valence-electron chi connectivity index (χ0n) is 19.8. The minimum atomic E-state index is -0.241. The Hall–Kier alpha value is -2.38. The fraction of sp³-hybridized carbons (Fsp3) is 0.600. The van der Waals surface area contributed by atoms with E-state index in [-0.39, 0.29) is 24.0 Å². The number of hydrogen-bond acceptors (Lipinski definition) is 6. The van der Waals surface area contributed by atoms with Crippen LogP contribution in [0.15, 0.2) is 30.0 Å². The molecule has 7 nitrogen and oxygen atoms in total. The van der Waals surface area contributed by atoms with Crippen LogP contribution >= 0.6 is 0 Å². The van der Waals surface area contributed by atoms with Crippen LogP contribution in [0.1, 0.15) is 52.5 Å². The van der Waals surface area contributed by atoms with Crippen LogP contribution in [0.25, 0.3) is 5.57 Å². The van der Waals surface area contributed by atoms with Crippen molar-refractivity contribution in [3.63, 3.8) is 0 Å². The summed E-state index contributed by atoms with van der Waals surface area (Å²) in [6.45, 7) is 11.4. The first-order chi connectivity index (χ1) is 15.5. The van der Waals surface area contributed by atoms with E-state index >= 15 is 0 Å². The van der Waals surface area contributed by atoms with Crippen molar-refractivity contribution in [1.29, 1.82) is 0 Å². The molecule has 2 atom stereocenters. The minimum Gasteiger partial charge on any atom is -0.494 e. The van der Waals surface area contributed by atoms with Crippen LogP contribution < -0.4 is 4.74 Å². The summed E-state index contributed by atoms with van der Waals surface area (Å²) < 4.78 is 17.0. The molecule has 1 aromatic carbocycles. The van der Waals surface area contributed by atoms with E-state index in [0.29, 0.717) is 57.1 Å². The number of amides is 2. The summed E-state index contributed by atoms with van der Waals surface area (Å²) >= 11 is 0. The third-order valence-electron chi connectivity index (χ3n) is 5.65. The number of rotatable bonds is 11. The molecule has 1 aromatic rings. The number of imide groups is 1. The van der Waals surface area contributed by atoms with Crippen LogP contribution in [0.2, 0.25) is 0 Å². The number of benzene rings is 1. The van der Waals surface area contributed by atoms with E-state index in [2.05, 4.69) is 6.92 Å². The Balaban J connectivity index is 1.84. The lowest BCUT2D eigenvalue weighted by atomic mass is 10.0. The lowest BCUT2D eigenvalue weighted by molar-refractivity contribution is -0.138. The van der Waals surface area contributed by atoms with Crippen LogP contribution in [0.4, 0.5) is 0 Å². The van der Waals surface area contributed by atoms with Crippen LogP contribution in [0, 0.1) is 0 Å². The summed E-state index contributed by atoms with van der Waals surface area (Å²) in [4.78, 5) is 30.3. The van der Waals surface area contributed by atoms with Crippen molar-refractivity contribution in [1.82, 2.24) is 9.80 Å². The van der Waals surface area contributed by atoms with Gasteiger partial charge >= 0.3 is 0 Å². The molecule has 1 fully saturated rings. The smallest absolute Gasteiger partial charge is 0.277 e. The summed E-state index contributed by atoms with van der Waals surface area (Å²) in [6, 6.07) is 7.40. The lowest BCUT2D eigenvalue weighted by Crippen LogP contribution is -2.47. The van der Waals surface area contributed by atoms with E-state index in [0.717, 1.165) is 24.2 Å². The predicted octanol–water partition coefficient (Wildman–Crippen LogP) is 3.48. The van der Waals surface area contributed by atoms with Crippen molar-refractivity contribution in [2.75, 3.05) is 39.5 Å². The molecule has 32 heavy (non-hydrogen) atoms. The van der Waals surface area contributed by atoms with E-state index < -0.39 is 0 Å². The Morgan fingerprint density at radius 3 is 2.25 bits per heavy atom. The quantitative estimate of drug-likeness (QED) is 0.385. The Morgan fingerprint density at radius 1 is 0.969 bits per heavy atom. The molecule has 2 aliphatic heterocycles. The van der Waals surface area contributed by atoms with Gasteiger partial charge < -0.3 is 19.1 Å². The summed E-state index contributed by atoms with van der Waals surface area (Å²) in [6.07, 6.45) is 2.69. The molecule has 0 aromatic heterocycles. The third-order valence-corrected chi connectivity index (χ3v) is 5.65. The van der Waals surface area contributed by atoms with E-state index in [9.17, 15) is 9.59 Å². The SMILES string of the molecule is CCCCOCCCN1C(=O)C(c2ccc(OCC)cc2)=C(N2CC(C)OC(C)C2)C1=O. The molecule has 0 aliphatic carbocycles. The van der Waals surface area contributed by atoms with E-state index in [1.54, 1.807) is 0 Å². The molecular formula is C25H36N2O5. The van der Waals surface area contributed by atoms with Gasteiger partial charge in [-0.2, -0.15) is 0 Å². The minimum absolute atomic E-state index is 0.0169. The molecule has 0 radical (unpaired) electrons. The molecule has 1 saturated heterocycles. The molecule has 0 N–H and O–H groups in total. The first kappa shape index (κ1) is 24.3.